The third-order valence-corrected chi connectivity index (χ3v) is 1.79. The summed E-state index contributed by atoms with van der Waals surface area (Å²) in [7, 11) is 0. The Morgan fingerprint density at radius 3 is 3.27 bits per heavy atom. The summed E-state index contributed by atoms with van der Waals surface area (Å²) < 4.78 is 5.42. The Morgan fingerprint density at radius 1 is 1.64 bits per heavy atom. The van der Waals surface area contributed by atoms with E-state index in [0.717, 1.165) is 17.9 Å². The van der Waals surface area contributed by atoms with Crippen LogP contribution in [0, 0.1) is 0 Å². The molecule has 0 aromatic carbocycles. The van der Waals surface area contributed by atoms with Crippen molar-refractivity contribution in [2.24, 2.45) is 4.99 Å². The molecule has 0 aliphatic carbocycles. The van der Waals surface area contributed by atoms with Gasteiger partial charge in [-0.3, -0.25) is 4.99 Å². The third-order valence-electron chi connectivity index (χ3n) is 1.79. The van der Waals surface area contributed by atoms with Crippen LogP contribution in [-0.4, -0.2) is 6.21 Å². The maximum atomic E-state index is 5.42. The van der Waals surface area contributed by atoms with Gasteiger partial charge in [0.2, 0.25) is 0 Å². The molecule has 0 unspecified atom stereocenters. The molecule has 11 heavy (non-hydrogen) atoms. The first-order chi connectivity index (χ1) is 5.40. The van der Waals surface area contributed by atoms with Crippen molar-refractivity contribution in [1.82, 2.24) is 0 Å². The molecule has 1 aliphatic heterocycles. The van der Waals surface area contributed by atoms with Crippen molar-refractivity contribution in [3.05, 3.63) is 29.7 Å². The molecule has 1 aromatic heterocycles. The molecule has 2 heterocycles. The van der Waals surface area contributed by atoms with Crippen LogP contribution < -0.4 is 0 Å². The van der Waals surface area contributed by atoms with Crippen molar-refractivity contribution < 1.29 is 4.42 Å². The molecular weight excluding hydrogens is 138 g/mol. The summed E-state index contributed by atoms with van der Waals surface area (Å²) in [6.45, 7) is 4.32. The first kappa shape index (κ1) is 6.40. The smallest absolute Gasteiger partial charge is 0.129 e. The lowest BCUT2D eigenvalue weighted by Crippen LogP contribution is -1.95. The van der Waals surface area contributed by atoms with Gasteiger partial charge < -0.3 is 4.42 Å². The highest BCUT2D eigenvalue weighted by atomic mass is 16.3. The van der Waals surface area contributed by atoms with E-state index in [4.69, 9.17) is 4.42 Å². The van der Waals surface area contributed by atoms with E-state index in [9.17, 15) is 0 Å². The highest BCUT2D eigenvalue weighted by Crippen LogP contribution is 2.19. The van der Waals surface area contributed by atoms with Crippen LogP contribution in [0.2, 0.25) is 0 Å². The zero-order valence-electron chi connectivity index (χ0n) is 6.21. The number of aliphatic imine (C=N–C) groups is 1. The van der Waals surface area contributed by atoms with Gasteiger partial charge in [0.1, 0.15) is 11.5 Å². The largest absolute Gasteiger partial charge is 0.459 e. The Hall–Kier alpha value is -1.31. The predicted octanol–water partition coefficient (Wildman–Crippen LogP) is 2.05. The maximum Gasteiger partial charge on any atom is 0.129 e. The van der Waals surface area contributed by atoms with Gasteiger partial charge in [-0.25, -0.2) is 0 Å². The lowest BCUT2D eigenvalue weighted by Gasteiger charge is -2.00. The van der Waals surface area contributed by atoms with Crippen molar-refractivity contribution in [3.63, 3.8) is 0 Å². The highest BCUT2D eigenvalue weighted by molar-refractivity contribution is 5.64. The lowest BCUT2D eigenvalue weighted by atomic mass is 10.1. The van der Waals surface area contributed by atoms with Gasteiger partial charge in [0.15, 0.2) is 0 Å². The van der Waals surface area contributed by atoms with Crippen LogP contribution in [0.25, 0.3) is 6.08 Å². The van der Waals surface area contributed by atoms with E-state index in [-0.39, 0.29) is 0 Å². The summed E-state index contributed by atoms with van der Waals surface area (Å²) in [4.78, 5) is 4.11. The number of nitrogens with zero attached hydrogens (tertiary/aromatic N) is 1. The Labute approximate surface area is 65.3 Å². The quantitative estimate of drug-likeness (QED) is 0.596. The molecule has 0 fully saturated rings. The van der Waals surface area contributed by atoms with Gasteiger partial charge in [0, 0.05) is 18.2 Å². The highest BCUT2D eigenvalue weighted by Gasteiger charge is 2.10. The van der Waals surface area contributed by atoms with Crippen LogP contribution in [0.1, 0.15) is 17.1 Å². The lowest BCUT2D eigenvalue weighted by molar-refractivity contribution is 0.499. The molecule has 0 saturated heterocycles. The fraction of sp³-hybridized carbons (Fsp3) is 0.222. The first-order valence-corrected chi connectivity index (χ1v) is 3.62. The van der Waals surface area contributed by atoms with E-state index >= 15 is 0 Å². The molecule has 1 aliphatic rings. The summed E-state index contributed by atoms with van der Waals surface area (Å²) in [5.74, 6) is 1.84. The number of fused-ring (bicyclic) bond motifs is 1. The van der Waals surface area contributed by atoms with Crippen LogP contribution in [0.4, 0.5) is 0 Å². The minimum atomic E-state index is 0.684. The van der Waals surface area contributed by atoms with Gasteiger partial charge in [-0.1, -0.05) is 6.58 Å². The Kier molecular flexibility index (Phi) is 1.39. The molecular formula is C9H9NO. The molecule has 2 heteroatoms. The fourth-order valence-electron chi connectivity index (χ4n) is 1.21. The second kappa shape index (κ2) is 2.38. The molecule has 2 nitrogen and oxygen atoms in total. The zero-order valence-corrected chi connectivity index (χ0v) is 6.21. The minimum Gasteiger partial charge on any atom is -0.459 e. The van der Waals surface area contributed by atoms with Crippen molar-refractivity contribution in [1.29, 1.82) is 0 Å². The third kappa shape index (κ3) is 1.00. The van der Waals surface area contributed by atoms with Crippen molar-refractivity contribution in [3.8, 4) is 0 Å². The van der Waals surface area contributed by atoms with E-state index in [1.54, 1.807) is 6.08 Å². The second-order valence-corrected chi connectivity index (χ2v) is 2.53. The summed E-state index contributed by atoms with van der Waals surface area (Å²) in [6.07, 6.45) is 4.54. The van der Waals surface area contributed by atoms with Gasteiger partial charge in [0.25, 0.3) is 0 Å². The van der Waals surface area contributed by atoms with Crippen LogP contribution in [0.3, 0.4) is 0 Å². The second-order valence-electron chi connectivity index (χ2n) is 2.53. The Bertz CT molecular complexity index is 284. The zero-order chi connectivity index (χ0) is 7.68. The molecule has 56 valence electrons. The molecule has 1 aromatic rings. The summed E-state index contributed by atoms with van der Waals surface area (Å²) in [5, 5.41) is 0. The van der Waals surface area contributed by atoms with Crippen LogP contribution >= 0.6 is 0 Å². The van der Waals surface area contributed by atoms with E-state index in [1.807, 2.05) is 12.3 Å². The van der Waals surface area contributed by atoms with Crippen molar-refractivity contribution >= 4 is 12.3 Å². The van der Waals surface area contributed by atoms with Crippen LogP contribution in [0.15, 0.2) is 22.1 Å². The average molecular weight is 147 g/mol. The number of hydrogen-bond acceptors (Lipinski definition) is 2. The topological polar surface area (TPSA) is 25.5 Å². The first-order valence-electron chi connectivity index (χ1n) is 3.62. The summed E-state index contributed by atoms with van der Waals surface area (Å²) in [6, 6.07) is 2.02. The van der Waals surface area contributed by atoms with Crippen LogP contribution in [0.5, 0.6) is 0 Å². The normalized spacial score (nSPS) is 14.5. The number of furan rings is 1. The number of hydrogen-bond donors (Lipinski definition) is 0. The van der Waals surface area contributed by atoms with Crippen LogP contribution in [-0.2, 0) is 13.0 Å². The molecule has 0 bridgehead atoms. The van der Waals surface area contributed by atoms with E-state index in [1.165, 1.54) is 5.56 Å². The maximum absolute atomic E-state index is 5.42. The fourth-order valence-corrected chi connectivity index (χ4v) is 1.21. The van der Waals surface area contributed by atoms with Gasteiger partial charge in [-0.05, 0) is 12.1 Å². The molecule has 0 radical (unpaired) electrons. The SMILES string of the molecule is C=Cc1cc2c(o1)CN=CC2. The number of rotatable bonds is 1. The minimum absolute atomic E-state index is 0.684. The van der Waals surface area contributed by atoms with E-state index in [2.05, 4.69) is 11.6 Å². The van der Waals surface area contributed by atoms with Crippen molar-refractivity contribution in [2.75, 3.05) is 0 Å². The molecule has 2 rings (SSSR count). The molecule has 0 saturated carbocycles. The summed E-state index contributed by atoms with van der Waals surface area (Å²) in [5.41, 5.74) is 1.25. The molecule has 0 spiro atoms. The monoisotopic (exact) mass is 147 g/mol. The standard InChI is InChI=1S/C9H9NO/c1-2-8-5-7-3-4-10-6-9(7)11-8/h2,4-5H,1,3,6H2. The molecule has 0 amide bonds. The van der Waals surface area contributed by atoms with E-state index < -0.39 is 0 Å². The average Bonchev–Trinajstić information content (AvgIpc) is 2.46. The molecule has 0 atom stereocenters. The van der Waals surface area contributed by atoms with Gasteiger partial charge >= 0.3 is 0 Å². The van der Waals surface area contributed by atoms with Gasteiger partial charge in [-0.2, -0.15) is 0 Å². The Morgan fingerprint density at radius 2 is 2.55 bits per heavy atom. The van der Waals surface area contributed by atoms with E-state index in [0.29, 0.717) is 6.54 Å². The summed E-state index contributed by atoms with van der Waals surface area (Å²) >= 11 is 0. The van der Waals surface area contributed by atoms with Gasteiger partial charge in [0.05, 0.1) is 6.54 Å². The predicted molar refractivity (Wildman–Crippen MR) is 44.7 cm³/mol. The molecule has 0 N–H and O–H groups in total. The van der Waals surface area contributed by atoms with Crippen molar-refractivity contribution in [2.45, 2.75) is 13.0 Å². The Balaban J connectivity index is 2.43. The van der Waals surface area contributed by atoms with Gasteiger partial charge in [-0.15, -0.1) is 0 Å².